The Kier molecular flexibility index (Phi) is 4.79. The van der Waals surface area contributed by atoms with Crippen molar-refractivity contribution in [2.45, 2.75) is 33.7 Å². The molecule has 2 aromatic carbocycles. The number of hydrogen-bond donors (Lipinski definition) is 0. The molecule has 110 valence electrons. The van der Waals surface area contributed by atoms with E-state index in [0.29, 0.717) is 0 Å². The van der Waals surface area contributed by atoms with Crippen molar-refractivity contribution in [3.63, 3.8) is 0 Å². The molecule has 0 aliphatic rings. The third-order valence-corrected chi connectivity index (χ3v) is 3.72. The highest BCUT2D eigenvalue weighted by molar-refractivity contribution is 5.80. The van der Waals surface area contributed by atoms with Crippen molar-refractivity contribution >= 4 is 6.21 Å². The fourth-order valence-corrected chi connectivity index (χ4v) is 2.81. The van der Waals surface area contributed by atoms with Crippen LogP contribution in [0.2, 0.25) is 0 Å². The van der Waals surface area contributed by atoms with E-state index in [-0.39, 0.29) is 6.04 Å². The molecule has 0 saturated carbocycles. The van der Waals surface area contributed by atoms with Crippen molar-refractivity contribution in [1.82, 2.24) is 0 Å². The van der Waals surface area contributed by atoms with Gasteiger partial charge < -0.3 is 4.74 Å². The Bertz CT molecular complexity index is 618. The van der Waals surface area contributed by atoms with Crippen LogP contribution in [-0.2, 0) is 0 Å². The van der Waals surface area contributed by atoms with Gasteiger partial charge >= 0.3 is 0 Å². The van der Waals surface area contributed by atoms with E-state index in [1.165, 1.54) is 22.3 Å². The number of benzene rings is 2. The topological polar surface area (TPSA) is 21.6 Å². The Morgan fingerprint density at radius 3 is 2.10 bits per heavy atom. The molecule has 0 spiro atoms. The summed E-state index contributed by atoms with van der Waals surface area (Å²) in [6.45, 7) is 8.60. The number of aryl methyl sites for hydroxylation is 3. The van der Waals surface area contributed by atoms with Gasteiger partial charge in [-0.15, -0.1) is 0 Å². The summed E-state index contributed by atoms with van der Waals surface area (Å²) in [5, 5.41) is 0. The Hall–Kier alpha value is -2.09. The van der Waals surface area contributed by atoms with Crippen molar-refractivity contribution < 1.29 is 4.74 Å². The summed E-state index contributed by atoms with van der Waals surface area (Å²) < 4.78 is 5.16. The van der Waals surface area contributed by atoms with Gasteiger partial charge in [0.1, 0.15) is 5.75 Å². The van der Waals surface area contributed by atoms with Gasteiger partial charge in [-0.1, -0.05) is 17.7 Å². The van der Waals surface area contributed by atoms with Crippen LogP contribution in [0.25, 0.3) is 0 Å². The molecule has 0 saturated heterocycles. The van der Waals surface area contributed by atoms with Gasteiger partial charge in [0.2, 0.25) is 0 Å². The maximum absolute atomic E-state index is 5.16. The lowest BCUT2D eigenvalue weighted by atomic mass is 9.95. The fourth-order valence-electron chi connectivity index (χ4n) is 2.81. The molecule has 0 bridgehead atoms. The third-order valence-electron chi connectivity index (χ3n) is 3.72. The monoisotopic (exact) mass is 281 g/mol. The van der Waals surface area contributed by atoms with Crippen molar-refractivity contribution in [3.05, 3.63) is 64.2 Å². The lowest BCUT2D eigenvalue weighted by molar-refractivity contribution is 0.415. The standard InChI is InChI=1S/C19H23NO/c1-13-10-14(2)19(15(3)11-13)16(4)20-12-17-6-8-18(21-5)9-7-17/h6-12,16H,1-5H3/t16-/m0/s1. The summed E-state index contributed by atoms with van der Waals surface area (Å²) in [6.07, 6.45) is 1.93. The largest absolute Gasteiger partial charge is 0.497 e. The van der Waals surface area contributed by atoms with Crippen LogP contribution in [0.4, 0.5) is 0 Å². The Labute approximate surface area is 127 Å². The maximum atomic E-state index is 5.16. The van der Waals surface area contributed by atoms with Gasteiger partial charge in [-0.25, -0.2) is 0 Å². The molecule has 21 heavy (non-hydrogen) atoms. The minimum absolute atomic E-state index is 0.160. The Balaban J connectivity index is 2.20. The first kappa shape index (κ1) is 15.3. The van der Waals surface area contributed by atoms with Gasteiger partial charge in [-0.05, 0) is 74.2 Å². The van der Waals surface area contributed by atoms with Crippen LogP contribution in [0, 0.1) is 20.8 Å². The molecule has 0 unspecified atom stereocenters. The number of methoxy groups -OCH3 is 1. The zero-order chi connectivity index (χ0) is 15.4. The first-order valence-corrected chi connectivity index (χ1v) is 7.26. The Morgan fingerprint density at radius 2 is 1.57 bits per heavy atom. The normalized spacial score (nSPS) is 12.6. The summed E-state index contributed by atoms with van der Waals surface area (Å²) in [7, 11) is 1.67. The molecular formula is C19H23NO. The van der Waals surface area contributed by atoms with Crippen molar-refractivity contribution in [2.24, 2.45) is 4.99 Å². The van der Waals surface area contributed by atoms with Crippen LogP contribution in [-0.4, -0.2) is 13.3 Å². The van der Waals surface area contributed by atoms with Gasteiger partial charge in [0, 0.05) is 6.21 Å². The molecule has 0 aliphatic carbocycles. The minimum Gasteiger partial charge on any atom is -0.497 e. The second kappa shape index (κ2) is 6.57. The highest BCUT2D eigenvalue weighted by Crippen LogP contribution is 2.26. The predicted molar refractivity (Wildman–Crippen MR) is 89.7 cm³/mol. The van der Waals surface area contributed by atoms with Gasteiger partial charge in [0.05, 0.1) is 13.2 Å². The lowest BCUT2D eigenvalue weighted by Crippen LogP contribution is -1.99. The third kappa shape index (κ3) is 3.72. The molecule has 2 heteroatoms. The van der Waals surface area contributed by atoms with E-state index >= 15 is 0 Å². The highest BCUT2D eigenvalue weighted by atomic mass is 16.5. The fraction of sp³-hybridized carbons (Fsp3) is 0.316. The van der Waals surface area contributed by atoms with Crippen LogP contribution in [0.3, 0.4) is 0 Å². The van der Waals surface area contributed by atoms with Gasteiger partial charge in [-0.2, -0.15) is 0 Å². The molecule has 0 radical (unpaired) electrons. The lowest BCUT2D eigenvalue weighted by Gasteiger charge is -2.15. The summed E-state index contributed by atoms with van der Waals surface area (Å²) in [6, 6.07) is 12.5. The van der Waals surface area contributed by atoms with Crippen molar-refractivity contribution in [1.29, 1.82) is 0 Å². The molecule has 0 amide bonds. The van der Waals surface area contributed by atoms with E-state index < -0.39 is 0 Å². The Morgan fingerprint density at radius 1 is 1.00 bits per heavy atom. The summed E-state index contributed by atoms with van der Waals surface area (Å²) >= 11 is 0. The summed E-state index contributed by atoms with van der Waals surface area (Å²) in [4.78, 5) is 4.71. The molecule has 1 atom stereocenters. The van der Waals surface area contributed by atoms with E-state index in [4.69, 9.17) is 9.73 Å². The molecule has 0 aliphatic heterocycles. The molecule has 0 fully saturated rings. The predicted octanol–water partition coefficient (Wildman–Crippen LogP) is 4.80. The number of ether oxygens (including phenoxy) is 1. The molecule has 0 heterocycles. The first-order chi connectivity index (χ1) is 10.0. The molecule has 2 rings (SSSR count). The molecular weight excluding hydrogens is 258 g/mol. The number of nitrogens with zero attached hydrogens (tertiary/aromatic N) is 1. The molecule has 2 nitrogen and oxygen atoms in total. The quantitative estimate of drug-likeness (QED) is 0.738. The van der Waals surface area contributed by atoms with Gasteiger partial charge in [0.15, 0.2) is 0 Å². The van der Waals surface area contributed by atoms with E-state index in [2.05, 4.69) is 39.8 Å². The molecule has 0 aromatic heterocycles. The maximum Gasteiger partial charge on any atom is 0.118 e. The van der Waals surface area contributed by atoms with Crippen LogP contribution in [0.1, 0.15) is 40.8 Å². The van der Waals surface area contributed by atoms with E-state index in [1.54, 1.807) is 7.11 Å². The number of aliphatic imine (C=N–C) groups is 1. The highest BCUT2D eigenvalue weighted by Gasteiger charge is 2.10. The van der Waals surface area contributed by atoms with Crippen molar-refractivity contribution in [2.75, 3.05) is 7.11 Å². The number of rotatable bonds is 4. The van der Waals surface area contributed by atoms with Crippen LogP contribution < -0.4 is 4.74 Å². The summed E-state index contributed by atoms with van der Waals surface area (Å²) in [5.74, 6) is 0.866. The second-order valence-electron chi connectivity index (χ2n) is 5.54. The minimum atomic E-state index is 0.160. The van der Waals surface area contributed by atoms with Crippen molar-refractivity contribution in [3.8, 4) is 5.75 Å². The van der Waals surface area contributed by atoms with Gasteiger partial charge in [-0.3, -0.25) is 4.99 Å². The summed E-state index contributed by atoms with van der Waals surface area (Å²) in [5.41, 5.74) is 6.34. The average molecular weight is 281 g/mol. The van der Waals surface area contributed by atoms with E-state index in [0.717, 1.165) is 11.3 Å². The molecule has 0 N–H and O–H groups in total. The zero-order valence-electron chi connectivity index (χ0n) is 13.5. The van der Waals surface area contributed by atoms with Gasteiger partial charge in [0.25, 0.3) is 0 Å². The van der Waals surface area contributed by atoms with Crippen LogP contribution in [0.15, 0.2) is 41.4 Å². The first-order valence-electron chi connectivity index (χ1n) is 7.26. The smallest absolute Gasteiger partial charge is 0.118 e. The zero-order valence-corrected chi connectivity index (χ0v) is 13.5. The SMILES string of the molecule is COc1ccc(C=N[C@@H](C)c2c(C)cc(C)cc2C)cc1. The van der Waals surface area contributed by atoms with Crippen LogP contribution in [0.5, 0.6) is 5.75 Å². The van der Waals surface area contributed by atoms with Crippen LogP contribution >= 0.6 is 0 Å². The second-order valence-corrected chi connectivity index (χ2v) is 5.54. The number of hydrogen-bond acceptors (Lipinski definition) is 2. The van der Waals surface area contributed by atoms with E-state index in [1.807, 2.05) is 30.5 Å². The van der Waals surface area contributed by atoms with E-state index in [9.17, 15) is 0 Å². The molecule has 2 aromatic rings. The average Bonchev–Trinajstić information content (AvgIpc) is 2.44.